The molecule has 1 heterocycles. The van der Waals surface area contributed by atoms with Gasteiger partial charge in [0.15, 0.2) is 6.61 Å². The molecule has 1 aromatic rings. The number of hydrogen-bond donors (Lipinski definition) is 1. The number of hydrogen-bond acceptors (Lipinski definition) is 3. The van der Waals surface area contributed by atoms with Crippen LogP contribution in [0.2, 0.25) is 10.0 Å². The minimum Gasteiger partial charge on any atom is -0.482 e. The second kappa shape index (κ2) is 8.44. The molecule has 132 valence electrons. The summed E-state index contributed by atoms with van der Waals surface area (Å²) < 4.78 is 5.46. The molecule has 0 aromatic heterocycles. The molecular formula is C16H21Cl2N3O3. The summed E-state index contributed by atoms with van der Waals surface area (Å²) in [6.07, 6.45) is 0. The van der Waals surface area contributed by atoms with Gasteiger partial charge in [-0.25, -0.2) is 4.79 Å². The fourth-order valence-corrected chi connectivity index (χ4v) is 2.78. The molecule has 2 rings (SSSR count). The molecule has 0 saturated carbocycles. The number of ether oxygens (including phenoxy) is 1. The molecule has 1 fully saturated rings. The van der Waals surface area contributed by atoms with Gasteiger partial charge in [-0.05, 0) is 32.0 Å². The third-order valence-corrected chi connectivity index (χ3v) is 4.11. The zero-order chi connectivity index (χ0) is 17.7. The second-order valence-corrected chi connectivity index (χ2v) is 6.68. The number of urea groups is 1. The normalized spacial score (nSPS) is 14.7. The van der Waals surface area contributed by atoms with Gasteiger partial charge in [0.25, 0.3) is 5.91 Å². The standard InChI is InChI=1S/C16H21Cl2N3O3/c1-11(2)19-16(23)21-7-5-20(6-8-21)15(22)10-24-14-4-3-12(17)9-13(14)18/h3-4,9,11H,5-8,10H2,1-2H3,(H,19,23). The lowest BCUT2D eigenvalue weighted by Gasteiger charge is -2.35. The number of carbonyl (C=O) groups excluding carboxylic acids is 2. The van der Waals surface area contributed by atoms with E-state index in [0.29, 0.717) is 42.0 Å². The first kappa shape index (κ1) is 18.7. The Balaban J connectivity index is 1.79. The molecule has 6 nitrogen and oxygen atoms in total. The molecule has 0 bridgehead atoms. The van der Waals surface area contributed by atoms with Crippen molar-refractivity contribution in [1.82, 2.24) is 15.1 Å². The summed E-state index contributed by atoms with van der Waals surface area (Å²) in [6.45, 7) is 5.72. The van der Waals surface area contributed by atoms with Gasteiger partial charge >= 0.3 is 6.03 Å². The summed E-state index contributed by atoms with van der Waals surface area (Å²) in [6, 6.07) is 4.84. The lowest BCUT2D eigenvalue weighted by atomic mass is 10.3. The maximum absolute atomic E-state index is 12.2. The van der Waals surface area contributed by atoms with E-state index >= 15 is 0 Å². The van der Waals surface area contributed by atoms with Crippen LogP contribution < -0.4 is 10.1 Å². The monoisotopic (exact) mass is 373 g/mol. The predicted octanol–water partition coefficient (Wildman–Crippen LogP) is 2.63. The van der Waals surface area contributed by atoms with Crippen molar-refractivity contribution in [3.63, 3.8) is 0 Å². The Hall–Kier alpha value is -1.66. The van der Waals surface area contributed by atoms with Crippen molar-refractivity contribution in [2.75, 3.05) is 32.8 Å². The van der Waals surface area contributed by atoms with Crippen molar-refractivity contribution >= 4 is 35.1 Å². The van der Waals surface area contributed by atoms with Gasteiger partial charge < -0.3 is 19.9 Å². The highest BCUT2D eigenvalue weighted by molar-refractivity contribution is 6.35. The van der Waals surface area contributed by atoms with Crippen LogP contribution in [0.25, 0.3) is 0 Å². The molecular weight excluding hydrogens is 353 g/mol. The highest BCUT2D eigenvalue weighted by atomic mass is 35.5. The van der Waals surface area contributed by atoms with Gasteiger partial charge in [-0.15, -0.1) is 0 Å². The summed E-state index contributed by atoms with van der Waals surface area (Å²) in [5, 5.41) is 3.72. The van der Waals surface area contributed by atoms with E-state index in [1.807, 2.05) is 13.8 Å². The lowest BCUT2D eigenvalue weighted by Crippen LogP contribution is -2.54. The highest BCUT2D eigenvalue weighted by Crippen LogP contribution is 2.27. The number of nitrogens with one attached hydrogen (secondary N) is 1. The Morgan fingerprint density at radius 2 is 1.79 bits per heavy atom. The molecule has 0 atom stereocenters. The number of carbonyl (C=O) groups is 2. The van der Waals surface area contributed by atoms with E-state index in [4.69, 9.17) is 27.9 Å². The number of amides is 3. The van der Waals surface area contributed by atoms with E-state index in [2.05, 4.69) is 5.32 Å². The van der Waals surface area contributed by atoms with Gasteiger partial charge in [-0.1, -0.05) is 23.2 Å². The SMILES string of the molecule is CC(C)NC(=O)N1CCN(C(=O)COc2ccc(Cl)cc2Cl)CC1. The Morgan fingerprint density at radius 3 is 2.38 bits per heavy atom. The van der Waals surface area contributed by atoms with E-state index < -0.39 is 0 Å². The lowest BCUT2D eigenvalue weighted by molar-refractivity contribution is -0.134. The summed E-state index contributed by atoms with van der Waals surface area (Å²) in [5.74, 6) is 0.286. The fourth-order valence-electron chi connectivity index (χ4n) is 2.32. The van der Waals surface area contributed by atoms with Crippen LogP contribution in [0, 0.1) is 0 Å². The van der Waals surface area contributed by atoms with E-state index in [1.165, 1.54) is 0 Å². The smallest absolute Gasteiger partial charge is 0.317 e. The first-order chi connectivity index (χ1) is 11.4. The van der Waals surface area contributed by atoms with Crippen LogP contribution in [0.15, 0.2) is 18.2 Å². The molecule has 1 aromatic carbocycles. The molecule has 0 radical (unpaired) electrons. The first-order valence-corrected chi connectivity index (χ1v) is 8.53. The quantitative estimate of drug-likeness (QED) is 0.882. The number of rotatable bonds is 4. The molecule has 1 saturated heterocycles. The first-order valence-electron chi connectivity index (χ1n) is 7.78. The van der Waals surface area contributed by atoms with Crippen LogP contribution in [-0.4, -0.2) is 60.6 Å². The average Bonchev–Trinajstić information content (AvgIpc) is 2.53. The Morgan fingerprint density at radius 1 is 1.17 bits per heavy atom. The minimum absolute atomic E-state index is 0.0923. The largest absolute Gasteiger partial charge is 0.482 e. The minimum atomic E-state index is -0.134. The Labute approximate surface area is 151 Å². The maximum atomic E-state index is 12.2. The third-order valence-electron chi connectivity index (χ3n) is 3.58. The van der Waals surface area contributed by atoms with Crippen LogP contribution in [0.3, 0.4) is 0 Å². The van der Waals surface area contributed by atoms with E-state index in [1.54, 1.807) is 28.0 Å². The predicted molar refractivity (Wildman–Crippen MR) is 93.8 cm³/mol. The average molecular weight is 374 g/mol. The topological polar surface area (TPSA) is 61.9 Å². The van der Waals surface area contributed by atoms with Crippen molar-refractivity contribution in [1.29, 1.82) is 0 Å². The van der Waals surface area contributed by atoms with Crippen molar-refractivity contribution in [2.24, 2.45) is 0 Å². The van der Waals surface area contributed by atoms with Crippen LogP contribution in [0.4, 0.5) is 4.79 Å². The molecule has 8 heteroatoms. The third kappa shape index (κ3) is 5.18. The van der Waals surface area contributed by atoms with E-state index in [9.17, 15) is 9.59 Å². The van der Waals surface area contributed by atoms with Crippen molar-refractivity contribution in [3.8, 4) is 5.75 Å². The summed E-state index contributed by atoms with van der Waals surface area (Å²) in [7, 11) is 0. The van der Waals surface area contributed by atoms with Gasteiger partial charge in [0.05, 0.1) is 5.02 Å². The van der Waals surface area contributed by atoms with Gasteiger partial charge in [0.1, 0.15) is 5.75 Å². The van der Waals surface area contributed by atoms with Crippen molar-refractivity contribution in [3.05, 3.63) is 28.2 Å². The van der Waals surface area contributed by atoms with Gasteiger partial charge in [0.2, 0.25) is 0 Å². The molecule has 0 unspecified atom stereocenters. The number of halogens is 2. The number of piperazine rings is 1. The summed E-state index contributed by atoms with van der Waals surface area (Å²) in [4.78, 5) is 27.5. The van der Waals surface area contributed by atoms with Gasteiger partial charge in [-0.2, -0.15) is 0 Å². The highest BCUT2D eigenvalue weighted by Gasteiger charge is 2.24. The summed E-state index contributed by atoms with van der Waals surface area (Å²) in [5.41, 5.74) is 0. The zero-order valence-corrected chi connectivity index (χ0v) is 15.2. The van der Waals surface area contributed by atoms with Crippen LogP contribution in [0.1, 0.15) is 13.8 Å². The van der Waals surface area contributed by atoms with Crippen molar-refractivity contribution in [2.45, 2.75) is 19.9 Å². The Kier molecular flexibility index (Phi) is 6.57. The molecule has 1 aliphatic heterocycles. The molecule has 3 amide bonds. The second-order valence-electron chi connectivity index (χ2n) is 5.84. The van der Waals surface area contributed by atoms with Gasteiger partial charge in [-0.3, -0.25) is 4.79 Å². The van der Waals surface area contributed by atoms with Crippen LogP contribution in [0.5, 0.6) is 5.75 Å². The van der Waals surface area contributed by atoms with Gasteiger partial charge in [0, 0.05) is 37.2 Å². The maximum Gasteiger partial charge on any atom is 0.317 e. The Bertz CT molecular complexity index is 602. The molecule has 1 N–H and O–H groups in total. The number of nitrogens with zero attached hydrogens (tertiary/aromatic N) is 2. The van der Waals surface area contributed by atoms with Crippen LogP contribution >= 0.6 is 23.2 Å². The molecule has 0 spiro atoms. The zero-order valence-electron chi connectivity index (χ0n) is 13.7. The van der Waals surface area contributed by atoms with Crippen molar-refractivity contribution < 1.29 is 14.3 Å². The molecule has 24 heavy (non-hydrogen) atoms. The van der Waals surface area contributed by atoms with Crippen LogP contribution in [-0.2, 0) is 4.79 Å². The van der Waals surface area contributed by atoms with E-state index in [0.717, 1.165) is 0 Å². The number of benzene rings is 1. The fraction of sp³-hybridized carbons (Fsp3) is 0.500. The molecule has 0 aliphatic carbocycles. The summed E-state index contributed by atoms with van der Waals surface area (Å²) >= 11 is 11.8. The van der Waals surface area contributed by atoms with E-state index in [-0.39, 0.29) is 24.6 Å². The molecule has 1 aliphatic rings.